The largest absolute Gasteiger partial charge is 0.493 e. The number of nitrogens with zero attached hydrogens (tertiary/aromatic N) is 3. The average Bonchev–Trinajstić information content (AvgIpc) is 2.91. The van der Waals surface area contributed by atoms with Gasteiger partial charge in [-0.1, -0.05) is 42.5 Å². The fourth-order valence-corrected chi connectivity index (χ4v) is 4.70. The number of halogens is 1. The third-order valence-electron chi connectivity index (χ3n) is 6.03. The number of hydrogen-bond acceptors (Lipinski definition) is 6. The summed E-state index contributed by atoms with van der Waals surface area (Å²) in [5.41, 5.74) is 1.47. The maximum absolute atomic E-state index is 13.7. The van der Waals surface area contributed by atoms with Crippen molar-refractivity contribution in [2.45, 2.75) is 11.4 Å². The molecule has 4 aromatic rings. The van der Waals surface area contributed by atoms with Gasteiger partial charge in [-0.25, -0.2) is 9.99 Å². The molecule has 2 atom stereocenters. The monoisotopic (exact) mass is 491 g/mol. The summed E-state index contributed by atoms with van der Waals surface area (Å²) < 4.78 is 17.7. The van der Waals surface area contributed by atoms with E-state index in [2.05, 4.69) is 0 Å². The Morgan fingerprint density at radius 2 is 1.49 bits per heavy atom. The van der Waals surface area contributed by atoms with E-state index in [4.69, 9.17) is 30.8 Å². The van der Waals surface area contributed by atoms with Crippen LogP contribution in [-0.4, -0.2) is 42.3 Å². The van der Waals surface area contributed by atoms with Crippen LogP contribution in [0.25, 0.3) is 22.3 Å². The Morgan fingerprint density at radius 1 is 0.857 bits per heavy atom. The summed E-state index contributed by atoms with van der Waals surface area (Å²) in [4.78, 5) is 31.7. The third kappa shape index (κ3) is 3.57. The highest BCUT2D eigenvalue weighted by atomic mass is 35.5. The van der Waals surface area contributed by atoms with Gasteiger partial charge < -0.3 is 14.2 Å². The van der Waals surface area contributed by atoms with Gasteiger partial charge >= 0.3 is 0 Å². The number of aromatic nitrogens is 2. The summed E-state index contributed by atoms with van der Waals surface area (Å²) in [5.74, 6) is 1.16. The van der Waals surface area contributed by atoms with Gasteiger partial charge in [-0.05, 0) is 29.8 Å². The first-order valence-electron chi connectivity index (χ1n) is 10.8. The SMILES string of the molecule is COc1cc(C2C(Cl)C(=O)N2n2c(-c3ccccc3)nc3ccccc3c2=O)cc(OC)c1OC. The van der Waals surface area contributed by atoms with Crippen molar-refractivity contribution in [1.82, 2.24) is 9.66 Å². The number of para-hydroxylation sites is 1. The number of carbonyl (C=O) groups excluding carboxylic acids is 1. The number of ether oxygens (including phenoxy) is 3. The second-order valence-electron chi connectivity index (χ2n) is 7.92. The van der Waals surface area contributed by atoms with Crippen molar-refractivity contribution in [1.29, 1.82) is 0 Å². The Hall–Kier alpha value is -4.04. The molecule has 0 saturated carbocycles. The van der Waals surface area contributed by atoms with Crippen LogP contribution in [0, 0.1) is 0 Å². The molecule has 8 nitrogen and oxygen atoms in total. The lowest BCUT2D eigenvalue weighted by Gasteiger charge is -2.45. The molecule has 0 radical (unpaired) electrons. The second kappa shape index (κ2) is 8.96. The molecule has 9 heteroatoms. The first kappa shape index (κ1) is 22.7. The number of carbonyl (C=O) groups is 1. The van der Waals surface area contributed by atoms with E-state index in [0.29, 0.717) is 45.1 Å². The van der Waals surface area contributed by atoms with Crippen LogP contribution in [0.5, 0.6) is 17.2 Å². The summed E-state index contributed by atoms with van der Waals surface area (Å²) >= 11 is 6.54. The number of fused-ring (bicyclic) bond motifs is 1. The maximum atomic E-state index is 13.7. The van der Waals surface area contributed by atoms with Crippen molar-refractivity contribution in [2.75, 3.05) is 26.3 Å². The van der Waals surface area contributed by atoms with Gasteiger partial charge in [0.05, 0.1) is 32.2 Å². The number of β-lactam (4-membered cyclic amide) rings is 1. The van der Waals surface area contributed by atoms with Crippen LogP contribution >= 0.6 is 11.6 Å². The highest BCUT2D eigenvalue weighted by Gasteiger charge is 2.50. The predicted octanol–water partition coefficient (Wildman–Crippen LogP) is 3.92. The van der Waals surface area contributed by atoms with Crippen molar-refractivity contribution >= 4 is 28.4 Å². The molecule has 0 spiro atoms. The lowest BCUT2D eigenvalue weighted by molar-refractivity contribution is -0.126. The van der Waals surface area contributed by atoms with Crippen molar-refractivity contribution < 1.29 is 19.0 Å². The van der Waals surface area contributed by atoms with Crippen LogP contribution < -0.4 is 24.8 Å². The fourth-order valence-electron chi connectivity index (χ4n) is 4.34. The zero-order valence-electron chi connectivity index (χ0n) is 19.3. The number of rotatable bonds is 6. The highest BCUT2D eigenvalue weighted by molar-refractivity contribution is 6.36. The minimum absolute atomic E-state index is 0.337. The lowest BCUT2D eigenvalue weighted by Crippen LogP contribution is -2.64. The molecule has 35 heavy (non-hydrogen) atoms. The highest BCUT2D eigenvalue weighted by Crippen LogP contribution is 2.45. The molecular formula is C26H22ClN3O5. The van der Waals surface area contributed by atoms with Crippen molar-refractivity contribution in [3.05, 3.63) is 82.6 Å². The van der Waals surface area contributed by atoms with Gasteiger partial charge in [0, 0.05) is 5.56 Å². The Bertz CT molecular complexity index is 1460. The zero-order chi connectivity index (χ0) is 24.7. The molecule has 2 heterocycles. The van der Waals surface area contributed by atoms with Gasteiger partial charge in [-0.15, -0.1) is 11.6 Å². The summed E-state index contributed by atoms with van der Waals surface area (Å²) in [5, 5.41) is 0.837. The van der Waals surface area contributed by atoms with E-state index in [1.54, 1.807) is 30.3 Å². The van der Waals surface area contributed by atoms with Gasteiger partial charge in [0.2, 0.25) is 5.75 Å². The summed E-state index contributed by atoms with van der Waals surface area (Å²) in [6, 6.07) is 19.0. The van der Waals surface area contributed by atoms with Crippen molar-refractivity contribution in [3.8, 4) is 28.6 Å². The van der Waals surface area contributed by atoms with Gasteiger partial charge in [0.1, 0.15) is 11.4 Å². The summed E-state index contributed by atoms with van der Waals surface area (Å²) in [6.45, 7) is 0. The van der Waals surface area contributed by atoms with E-state index in [9.17, 15) is 9.59 Å². The quantitative estimate of drug-likeness (QED) is 0.300. The fraction of sp³-hybridized carbons (Fsp3) is 0.192. The summed E-state index contributed by atoms with van der Waals surface area (Å²) in [6.07, 6.45) is 0. The Morgan fingerprint density at radius 3 is 2.11 bits per heavy atom. The van der Waals surface area contributed by atoms with Gasteiger partial charge in [0.15, 0.2) is 17.3 Å². The predicted molar refractivity (Wildman–Crippen MR) is 133 cm³/mol. The van der Waals surface area contributed by atoms with Crippen molar-refractivity contribution in [2.24, 2.45) is 0 Å². The molecule has 1 fully saturated rings. The molecule has 3 aromatic carbocycles. The van der Waals surface area contributed by atoms with E-state index in [1.165, 1.54) is 31.0 Å². The van der Waals surface area contributed by atoms with E-state index in [0.717, 1.165) is 0 Å². The standard InChI is InChI=1S/C26H22ClN3O5/c1-33-19-13-16(14-20(34-2)23(19)35-3)22-21(27)26(32)29(22)30-24(15-9-5-4-6-10-15)28-18-12-8-7-11-17(18)25(30)31/h4-14,21-22H,1-3H3. The molecule has 1 saturated heterocycles. The first-order chi connectivity index (χ1) is 17.0. The van der Waals surface area contributed by atoms with Gasteiger partial charge in [0.25, 0.3) is 11.5 Å². The smallest absolute Gasteiger partial charge is 0.280 e. The first-order valence-corrected chi connectivity index (χ1v) is 11.3. The minimum Gasteiger partial charge on any atom is -0.493 e. The number of methoxy groups -OCH3 is 3. The van der Waals surface area contributed by atoms with Crippen LogP contribution in [0.3, 0.4) is 0 Å². The van der Waals surface area contributed by atoms with Gasteiger partial charge in [-0.3, -0.25) is 9.59 Å². The molecule has 0 N–H and O–H groups in total. The number of benzene rings is 3. The second-order valence-corrected chi connectivity index (χ2v) is 8.39. The number of hydrogen-bond donors (Lipinski definition) is 0. The Kier molecular flexibility index (Phi) is 5.82. The van der Waals surface area contributed by atoms with Crippen LogP contribution in [-0.2, 0) is 4.79 Å². The molecule has 1 amide bonds. The van der Waals surface area contributed by atoms with E-state index >= 15 is 0 Å². The van der Waals surface area contributed by atoms with Crippen LogP contribution in [0.4, 0.5) is 0 Å². The average molecular weight is 492 g/mol. The molecule has 178 valence electrons. The van der Waals surface area contributed by atoms with Gasteiger partial charge in [-0.2, -0.15) is 4.68 Å². The molecule has 0 bridgehead atoms. The minimum atomic E-state index is -0.903. The molecular weight excluding hydrogens is 470 g/mol. The number of amides is 1. The molecule has 1 aliphatic rings. The molecule has 1 aromatic heterocycles. The van der Waals surface area contributed by atoms with Crippen LogP contribution in [0.2, 0.25) is 0 Å². The topological polar surface area (TPSA) is 82.9 Å². The molecule has 2 unspecified atom stereocenters. The third-order valence-corrected chi connectivity index (χ3v) is 6.46. The Balaban J connectivity index is 1.75. The summed E-state index contributed by atoms with van der Waals surface area (Å²) in [7, 11) is 4.53. The molecule has 1 aliphatic heterocycles. The number of alkyl halides is 1. The van der Waals surface area contributed by atoms with Crippen molar-refractivity contribution in [3.63, 3.8) is 0 Å². The zero-order valence-corrected chi connectivity index (χ0v) is 20.0. The molecule has 0 aliphatic carbocycles. The van der Waals surface area contributed by atoms with E-state index < -0.39 is 17.3 Å². The Labute approximate surface area is 206 Å². The van der Waals surface area contributed by atoms with E-state index in [1.807, 2.05) is 36.4 Å². The van der Waals surface area contributed by atoms with Crippen LogP contribution in [0.15, 0.2) is 71.5 Å². The van der Waals surface area contributed by atoms with E-state index in [-0.39, 0.29) is 5.56 Å². The maximum Gasteiger partial charge on any atom is 0.280 e. The molecule has 5 rings (SSSR count). The lowest BCUT2D eigenvalue weighted by atomic mass is 9.94. The van der Waals surface area contributed by atoms with Crippen LogP contribution in [0.1, 0.15) is 11.6 Å². The normalized spacial score (nSPS) is 17.3.